The SMILES string of the molecule is CN(C)c1ncnc2c1ncn2[C@@H]1CC[C@@H](n2cc(C(=O)O)ccc2=O)[C@@H](O)[C@@H]1O. The molecule has 1 aliphatic carbocycles. The second-order valence-corrected chi connectivity index (χ2v) is 7.58. The van der Waals surface area contributed by atoms with Gasteiger partial charge >= 0.3 is 5.97 Å². The van der Waals surface area contributed by atoms with Gasteiger partial charge in [0.1, 0.15) is 18.5 Å². The monoisotopic (exact) mass is 414 g/mol. The molecule has 1 aliphatic rings. The van der Waals surface area contributed by atoms with E-state index in [1.807, 2.05) is 19.0 Å². The Balaban J connectivity index is 1.67. The van der Waals surface area contributed by atoms with Crippen LogP contribution in [0.2, 0.25) is 0 Å². The number of aromatic nitrogens is 5. The van der Waals surface area contributed by atoms with Crippen molar-refractivity contribution >= 4 is 23.0 Å². The predicted octanol–water partition coefficient (Wildman–Crippen LogP) is 0.0502. The van der Waals surface area contributed by atoms with Gasteiger partial charge in [-0.25, -0.2) is 19.7 Å². The van der Waals surface area contributed by atoms with Crippen molar-refractivity contribution in [1.29, 1.82) is 0 Å². The summed E-state index contributed by atoms with van der Waals surface area (Å²) in [5.74, 6) is -0.534. The highest BCUT2D eigenvalue weighted by Gasteiger charge is 2.40. The zero-order valence-electron chi connectivity index (χ0n) is 16.5. The van der Waals surface area contributed by atoms with Crippen LogP contribution in [0.3, 0.4) is 0 Å². The molecule has 3 aromatic heterocycles. The summed E-state index contributed by atoms with van der Waals surface area (Å²) < 4.78 is 2.90. The molecule has 0 bridgehead atoms. The first-order chi connectivity index (χ1) is 14.3. The number of hydrogen-bond acceptors (Lipinski definition) is 8. The number of hydrogen-bond donors (Lipinski definition) is 3. The highest BCUT2D eigenvalue weighted by atomic mass is 16.4. The molecule has 0 spiro atoms. The van der Waals surface area contributed by atoms with Gasteiger partial charge in [-0.1, -0.05) is 0 Å². The molecule has 0 aromatic carbocycles. The minimum atomic E-state index is -1.28. The van der Waals surface area contributed by atoms with Crippen LogP contribution in [-0.4, -0.2) is 71.7 Å². The molecule has 1 saturated carbocycles. The molecule has 3 aromatic rings. The van der Waals surface area contributed by atoms with Crippen LogP contribution in [0.25, 0.3) is 11.2 Å². The van der Waals surface area contributed by atoms with E-state index in [0.717, 1.165) is 6.07 Å². The summed E-state index contributed by atoms with van der Waals surface area (Å²) in [5, 5.41) is 30.9. The van der Waals surface area contributed by atoms with E-state index in [9.17, 15) is 24.9 Å². The van der Waals surface area contributed by atoms with E-state index in [1.54, 1.807) is 10.9 Å². The van der Waals surface area contributed by atoms with E-state index in [1.165, 1.54) is 23.2 Å². The second kappa shape index (κ2) is 7.50. The molecule has 11 nitrogen and oxygen atoms in total. The fraction of sp³-hybridized carbons (Fsp3) is 0.421. The molecule has 30 heavy (non-hydrogen) atoms. The van der Waals surface area contributed by atoms with E-state index in [0.29, 0.717) is 29.8 Å². The molecule has 1 fully saturated rings. The van der Waals surface area contributed by atoms with Crippen molar-refractivity contribution in [2.24, 2.45) is 0 Å². The number of rotatable bonds is 4. The molecule has 3 heterocycles. The maximum absolute atomic E-state index is 12.3. The number of fused-ring (bicyclic) bond motifs is 1. The fourth-order valence-electron chi connectivity index (χ4n) is 4.04. The Morgan fingerprint density at radius 3 is 2.37 bits per heavy atom. The Morgan fingerprint density at radius 1 is 1.07 bits per heavy atom. The molecule has 0 saturated heterocycles. The van der Waals surface area contributed by atoms with Crippen molar-refractivity contribution in [1.82, 2.24) is 24.1 Å². The summed E-state index contributed by atoms with van der Waals surface area (Å²) in [5.41, 5.74) is 0.614. The van der Waals surface area contributed by atoms with Gasteiger partial charge in [0.25, 0.3) is 5.56 Å². The van der Waals surface area contributed by atoms with Gasteiger partial charge in [0.15, 0.2) is 17.0 Å². The summed E-state index contributed by atoms with van der Waals surface area (Å²) in [6.45, 7) is 0. The topological polar surface area (TPSA) is 147 Å². The van der Waals surface area contributed by atoms with Crippen LogP contribution >= 0.6 is 0 Å². The number of anilines is 1. The number of aromatic carboxylic acids is 1. The third-order valence-corrected chi connectivity index (χ3v) is 5.56. The number of pyridine rings is 1. The smallest absolute Gasteiger partial charge is 0.337 e. The highest BCUT2D eigenvalue weighted by Crippen LogP contribution is 2.37. The van der Waals surface area contributed by atoms with E-state index in [4.69, 9.17) is 0 Å². The van der Waals surface area contributed by atoms with Gasteiger partial charge in [0.2, 0.25) is 0 Å². The lowest BCUT2D eigenvalue weighted by molar-refractivity contribution is -0.0671. The van der Waals surface area contributed by atoms with E-state index in [2.05, 4.69) is 15.0 Å². The summed E-state index contributed by atoms with van der Waals surface area (Å²) >= 11 is 0. The van der Waals surface area contributed by atoms with Crippen LogP contribution in [0.4, 0.5) is 5.82 Å². The van der Waals surface area contributed by atoms with Crippen molar-refractivity contribution in [3.8, 4) is 0 Å². The molecule has 158 valence electrons. The maximum atomic E-state index is 12.3. The summed E-state index contributed by atoms with van der Waals surface area (Å²) in [7, 11) is 3.68. The van der Waals surface area contributed by atoms with Crippen LogP contribution < -0.4 is 10.5 Å². The van der Waals surface area contributed by atoms with Gasteiger partial charge in [-0.15, -0.1) is 0 Å². The first-order valence-electron chi connectivity index (χ1n) is 9.46. The number of carboxylic acid groups (broad SMARTS) is 1. The van der Waals surface area contributed by atoms with Gasteiger partial charge < -0.3 is 29.4 Å². The number of aliphatic hydroxyl groups is 2. The Kier molecular flexibility index (Phi) is 5.00. The van der Waals surface area contributed by atoms with E-state index >= 15 is 0 Å². The largest absolute Gasteiger partial charge is 0.478 e. The minimum absolute atomic E-state index is 0.0630. The molecule has 11 heteroatoms. The quantitative estimate of drug-likeness (QED) is 0.539. The fourth-order valence-corrected chi connectivity index (χ4v) is 4.04. The van der Waals surface area contributed by atoms with Crippen molar-refractivity contribution < 1.29 is 20.1 Å². The average Bonchev–Trinajstić information content (AvgIpc) is 3.14. The molecule has 0 aliphatic heterocycles. The molecule has 4 atom stereocenters. The zero-order chi connectivity index (χ0) is 21.6. The van der Waals surface area contributed by atoms with Crippen molar-refractivity contribution in [3.05, 3.63) is 46.9 Å². The number of imidazole rings is 1. The van der Waals surface area contributed by atoms with Gasteiger partial charge in [-0.2, -0.15) is 0 Å². The Labute approximate surface area is 170 Å². The summed E-state index contributed by atoms with van der Waals surface area (Å²) in [4.78, 5) is 38.2. The number of aliphatic hydroxyl groups excluding tert-OH is 2. The number of carbonyl (C=O) groups is 1. The Morgan fingerprint density at radius 2 is 1.73 bits per heavy atom. The highest BCUT2D eigenvalue weighted by molar-refractivity contribution is 5.87. The molecule has 3 N–H and O–H groups in total. The first kappa shape index (κ1) is 20.0. The predicted molar refractivity (Wildman–Crippen MR) is 107 cm³/mol. The molecular formula is C19H22N6O5. The summed E-state index contributed by atoms with van der Waals surface area (Å²) in [6.07, 6.45) is 2.48. The Hall–Kier alpha value is -3.31. The molecule has 0 amide bonds. The first-order valence-corrected chi connectivity index (χ1v) is 9.46. The molecule has 0 radical (unpaired) electrons. The van der Waals surface area contributed by atoms with Gasteiger partial charge in [-0.3, -0.25) is 4.79 Å². The van der Waals surface area contributed by atoms with E-state index < -0.39 is 35.8 Å². The average molecular weight is 414 g/mol. The lowest BCUT2D eigenvalue weighted by Crippen LogP contribution is -2.47. The summed E-state index contributed by atoms with van der Waals surface area (Å²) in [6, 6.07) is 1.11. The third kappa shape index (κ3) is 3.21. The van der Waals surface area contributed by atoms with Gasteiger partial charge in [0.05, 0.1) is 24.0 Å². The molecule has 4 rings (SSSR count). The number of nitrogens with zero attached hydrogens (tertiary/aromatic N) is 6. The molecular weight excluding hydrogens is 392 g/mol. The van der Waals surface area contributed by atoms with Crippen LogP contribution in [0, 0.1) is 0 Å². The van der Waals surface area contributed by atoms with Crippen LogP contribution in [-0.2, 0) is 0 Å². The zero-order valence-corrected chi connectivity index (χ0v) is 16.5. The maximum Gasteiger partial charge on any atom is 0.337 e. The number of carboxylic acids is 1. The third-order valence-electron chi connectivity index (χ3n) is 5.56. The van der Waals surface area contributed by atoms with Crippen LogP contribution in [0.15, 0.2) is 35.8 Å². The second-order valence-electron chi connectivity index (χ2n) is 7.58. The van der Waals surface area contributed by atoms with E-state index in [-0.39, 0.29) is 5.56 Å². The normalized spacial score (nSPS) is 24.1. The standard InChI is InChI=1S/C19H22N6O5/c1-23(2)17-14-18(21-8-20-17)25(9-22-14)12-5-4-11(15(27)16(12)28)24-7-10(19(29)30)3-6-13(24)26/h3,6-9,11-12,15-16,27-28H,4-5H2,1-2H3,(H,29,30)/t11-,12-,15-,16-/m1/s1. The van der Waals surface area contributed by atoms with Crippen molar-refractivity contribution in [3.63, 3.8) is 0 Å². The Bertz CT molecular complexity index is 1160. The van der Waals surface area contributed by atoms with Crippen molar-refractivity contribution in [2.45, 2.75) is 37.1 Å². The van der Waals surface area contributed by atoms with Crippen molar-refractivity contribution in [2.75, 3.05) is 19.0 Å². The van der Waals surface area contributed by atoms with Gasteiger partial charge in [-0.05, 0) is 18.9 Å². The van der Waals surface area contributed by atoms with Gasteiger partial charge in [0, 0.05) is 26.4 Å². The lowest BCUT2D eigenvalue weighted by Gasteiger charge is -2.38. The van der Waals surface area contributed by atoms with Crippen LogP contribution in [0.5, 0.6) is 0 Å². The van der Waals surface area contributed by atoms with Crippen LogP contribution in [0.1, 0.15) is 35.3 Å². The minimum Gasteiger partial charge on any atom is -0.478 e. The lowest BCUT2D eigenvalue weighted by atomic mass is 9.85. The molecule has 0 unspecified atom stereocenters.